The molecular formula is C48H42N4O2. The SMILES string of the molecule is COc1ccnc(-n2c3ccccc3c3ccc(Oc4cc(C)cc(-n5nc(-c6ccccc6)c(C6C(C)=CCC[C@@H]6C)c5-c5ccccc5)c4)cc32)c1. The maximum absolute atomic E-state index is 6.77. The molecule has 8 aromatic rings. The number of aromatic nitrogens is 4. The van der Waals surface area contributed by atoms with Crippen LogP contribution in [0.3, 0.4) is 0 Å². The Kier molecular flexibility index (Phi) is 8.58. The van der Waals surface area contributed by atoms with E-state index in [2.05, 4.69) is 157 Å². The minimum absolute atomic E-state index is 0.246. The second-order valence-corrected chi connectivity index (χ2v) is 14.4. The molecule has 1 aliphatic rings. The molecule has 9 rings (SSSR count). The normalized spacial score (nSPS) is 15.7. The molecule has 54 heavy (non-hydrogen) atoms. The van der Waals surface area contributed by atoms with Crippen LogP contribution in [-0.2, 0) is 0 Å². The van der Waals surface area contributed by atoms with Crippen LogP contribution in [0.2, 0.25) is 0 Å². The molecule has 0 amide bonds. The van der Waals surface area contributed by atoms with E-state index in [4.69, 9.17) is 19.6 Å². The van der Waals surface area contributed by atoms with Crippen LogP contribution in [-0.4, -0.2) is 26.4 Å². The van der Waals surface area contributed by atoms with Gasteiger partial charge in [-0.1, -0.05) is 97.4 Å². The van der Waals surface area contributed by atoms with Crippen molar-refractivity contribution < 1.29 is 9.47 Å². The zero-order chi connectivity index (χ0) is 36.8. The van der Waals surface area contributed by atoms with Gasteiger partial charge in [0.05, 0.1) is 35.2 Å². The summed E-state index contributed by atoms with van der Waals surface area (Å²) in [6.07, 6.45) is 6.46. The van der Waals surface area contributed by atoms with E-state index in [1.54, 1.807) is 13.3 Å². The Morgan fingerprint density at radius 1 is 0.685 bits per heavy atom. The third-order valence-corrected chi connectivity index (χ3v) is 10.8. The van der Waals surface area contributed by atoms with Crippen LogP contribution >= 0.6 is 0 Å². The Labute approximate surface area is 316 Å². The quantitative estimate of drug-likeness (QED) is 0.148. The van der Waals surface area contributed by atoms with E-state index in [9.17, 15) is 0 Å². The van der Waals surface area contributed by atoms with Crippen molar-refractivity contribution in [1.82, 2.24) is 19.3 Å². The maximum atomic E-state index is 6.77. The van der Waals surface area contributed by atoms with E-state index in [1.165, 1.54) is 11.1 Å². The molecule has 0 saturated carbocycles. The first-order valence-electron chi connectivity index (χ1n) is 18.7. The second-order valence-electron chi connectivity index (χ2n) is 14.4. The highest BCUT2D eigenvalue weighted by atomic mass is 16.5. The van der Waals surface area contributed by atoms with E-state index in [0.29, 0.717) is 5.92 Å². The molecule has 0 bridgehead atoms. The number of para-hydroxylation sites is 1. The summed E-state index contributed by atoms with van der Waals surface area (Å²) in [4.78, 5) is 4.74. The lowest BCUT2D eigenvalue weighted by atomic mass is 9.74. The molecule has 0 radical (unpaired) electrons. The molecule has 3 heterocycles. The highest BCUT2D eigenvalue weighted by Crippen LogP contribution is 2.47. The number of hydrogen-bond acceptors (Lipinski definition) is 4. The zero-order valence-corrected chi connectivity index (χ0v) is 31.0. The topological polar surface area (TPSA) is 54.1 Å². The van der Waals surface area contributed by atoms with Crippen LogP contribution in [0.4, 0.5) is 0 Å². The number of rotatable bonds is 8. The van der Waals surface area contributed by atoms with Gasteiger partial charge in [0.25, 0.3) is 0 Å². The molecule has 0 N–H and O–H groups in total. The summed E-state index contributed by atoms with van der Waals surface area (Å²) >= 11 is 0. The molecule has 1 aliphatic carbocycles. The van der Waals surface area contributed by atoms with Gasteiger partial charge in [-0.25, -0.2) is 9.67 Å². The monoisotopic (exact) mass is 706 g/mol. The number of aryl methyl sites for hydroxylation is 1. The molecule has 1 unspecified atom stereocenters. The van der Waals surface area contributed by atoms with Crippen LogP contribution in [0.25, 0.3) is 55.8 Å². The minimum Gasteiger partial charge on any atom is -0.497 e. The summed E-state index contributed by atoms with van der Waals surface area (Å²) in [5, 5.41) is 7.77. The van der Waals surface area contributed by atoms with Crippen LogP contribution in [0.5, 0.6) is 17.2 Å². The average molecular weight is 707 g/mol. The van der Waals surface area contributed by atoms with Crippen molar-refractivity contribution in [2.75, 3.05) is 7.11 Å². The Morgan fingerprint density at radius 3 is 2.20 bits per heavy atom. The first kappa shape index (κ1) is 33.4. The summed E-state index contributed by atoms with van der Waals surface area (Å²) in [7, 11) is 1.68. The molecule has 266 valence electrons. The first-order chi connectivity index (χ1) is 26.5. The number of nitrogens with zero attached hydrogens (tertiary/aromatic N) is 4. The third-order valence-electron chi connectivity index (χ3n) is 10.8. The predicted molar refractivity (Wildman–Crippen MR) is 219 cm³/mol. The van der Waals surface area contributed by atoms with Crippen molar-refractivity contribution in [3.63, 3.8) is 0 Å². The summed E-state index contributed by atoms with van der Waals surface area (Å²) in [5.41, 5.74) is 11.2. The molecule has 0 spiro atoms. The van der Waals surface area contributed by atoms with Crippen LogP contribution in [0.15, 0.2) is 151 Å². The Morgan fingerprint density at radius 2 is 1.43 bits per heavy atom. The van der Waals surface area contributed by atoms with E-state index in [1.807, 2.05) is 12.1 Å². The predicted octanol–water partition coefficient (Wildman–Crippen LogP) is 12.3. The van der Waals surface area contributed by atoms with Crippen molar-refractivity contribution in [3.8, 4) is 51.3 Å². The molecule has 0 saturated heterocycles. The van der Waals surface area contributed by atoms with Gasteiger partial charge in [-0.3, -0.25) is 4.57 Å². The number of allylic oxidation sites excluding steroid dienone is 2. The molecular weight excluding hydrogens is 665 g/mol. The summed E-state index contributed by atoms with van der Waals surface area (Å²) in [6, 6.07) is 46.3. The molecule has 0 aliphatic heterocycles. The molecule has 2 atom stereocenters. The number of benzene rings is 5. The lowest BCUT2D eigenvalue weighted by Gasteiger charge is -2.30. The number of fused-ring (bicyclic) bond motifs is 3. The van der Waals surface area contributed by atoms with Gasteiger partial charge in [-0.2, -0.15) is 5.10 Å². The van der Waals surface area contributed by atoms with Gasteiger partial charge in [0.1, 0.15) is 23.1 Å². The first-order valence-corrected chi connectivity index (χ1v) is 18.7. The van der Waals surface area contributed by atoms with Crippen molar-refractivity contribution in [1.29, 1.82) is 0 Å². The van der Waals surface area contributed by atoms with E-state index in [0.717, 1.165) is 91.5 Å². The molecule has 3 aromatic heterocycles. The fourth-order valence-corrected chi connectivity index (χ4v) is 8.38. The van der Waals surface area contributed by atoms with Crippen molar-refractivity contribution >= 4 is 21.8 Å². The highest BCUT2D eigenvalue weighted by molar-refractivity contribution is 6.09. The van der Waals surface area contributed by atoms with Gasteiger partial charge >= 0.3 is 0 Å². The van der Waals surface area contributed by atoms with Crippen LogP contribution in [0.1, 0.15) is 43.7 Å². The fraction of sp³-hybridized carbons (Fsp3) is 0.167. The van der Waals surface area contributed by atoms with Gasteiger partial charge in [-0.15, -0.1) is 0 Å². The number of ether oxygens (including phenoxy) is 2. The van der Waals surface area contributed by atoms with E-state index < -0.39 is 0 Å². The number of pyridine rings is 1. The highest BCUT2D eigenvalue weighted by Gasteiger charge is 2.33. The Hall–Kier alpha value is -6.40. The lowest BCUT2D eigenvalue weighted by molar-refractivity contribution is 0.414. The molecule has 6 heteroatoms. The smallest absolute Gasteiger partial charge is 0.141 e. The number of methoxy groups -OCH3 is 1. The second kappa shape index (κ2) is 13.9. The average Bonchev–Trinajstić information content (AvgIpc) is 3.75. The van der Waals surface area contributed by atoms with Crippen LogP contribution in [0, 0.1) is 12.8 Å². The minimum atomic E-state index is 0.246. The zero-order valence-electron chi connectivity index (χ0n) is 31.0. The van der Waals surface area contributed by atoms with Gasteiger partial charge in [0.15, 0.2) is 0 Å². The van der Waals surface area contributed by atoms with Crippen molar-refractivity contribution in [3.05, 3.63) is 162 Å². The third kappa shape index (κ3) is 5.94. The van der Waals surface area contributed by atoms with Crippen molar-refractivity contribution in [2.24, 2.45) is 5.92 Å². The van der Waals surface area contributed by atoms with Crippen molar-refractivity contribution in [2.45, 2.75) is 39.5 Å². The lowest BCUT2D eigenvalue weighted by Crippen LogP contribution is -2.16. The van der Waals surface area contributed by atoms with E-state index >= 15 is 0 Å². The molecule has 6 nitrogen and oxygen atoms in total. The van der Waals surface area contributed by atoms with Gasteiger partial charge in [0, 0.05) is 57.8 Å². The molecule has 0 fully saturated rings. The Bertz CT molecular complexity index is 2670. The van der Waals surface area contributed by atoms with Gasteiger partial charge in [-0.05, 0) is 74.6 Å². The number of hydrogen-bond donors (Lipinski definition) is 0. The summed E-state index contributed by atoms with van der Waals surface area (Å²) in [5.74, 6) is 3.73. The van der Waals surface area contributed by atoms with Gasteiger partial charge in [0.2, 0.25) is 0 Å². The molecule has 5 aromatic carbocycles. The van der Waals surface area contributed by atoms with Crippen LogP contribution < -0.4 is 9.47 Å². The largest absolute Gasteiger partial charge is 0.497 e. The summed E-state index contributed by atoms with van der Waals surface area (Å²) in [6.45, 7) is 6.80. The standard InChI is InChI=1S/C48H42N4O2/c1-31-26-36(52-48(35-18-9-6-10-19-35)46(45-32(2)14-13-15-33(45)3)47(50-52)34-16-7-5-8-17-34)28-39(27-31)54-38-22-23-41-40-20-11-12-21-42(40)51(43(41)29-38)44-30-37(53-4)24-25-49-44/h5-12,14,16-30,33,45H,13,15H2,1-4H3/t33-,45?/m0/s1. The Balaban J connectivity index is 1.20. The summed E-state index contributed by atoms with van der Waals surface area (Å²) < 4.78 is 16.7. The fourth-order valence-electron chi connectivity index (χ4n) is 8.38. The van der Waals surface area contributed by atoms with E-state index in [-0.39, 0.29) is 5.92 Å². The van der Waals surface area contributed by atoms with Gasteiger partial charge < -0.3 is 9.47 Å². The maximum Gasteiger partial charge on any atom is 0.141 e.